The average molecular weight is 257 g/mol. The van der Waals surface area contributed by atoms with Crippen molar-refractivity contribution in [3.05, 3.63) is 22.3 Å². The van der Waals surface area contributed by atoms with Gasteiger partial charge in [-0.15, -0.1) is 0 Å². The van der Waals surface area contributed by atoms with E-state index in [0.29, 0.717) is 0 Å². The van der Waals surface area contributed by atoms with Crippen LogP contribution < -0.4 is 5.32 Å². The third-order valence-electron chi connectivity index (χ3n) is 2.52. The molecular weight excluding hydrogens is 244 g/mol. The van der Waals surface area contributed by atoms with E-state index in [4.69, 9.17) is 5.11 Å². The lowest BCUT2D eigenvalue weighted by Gasteiger charge is -2.16. The van der Waals surface area contributed by atoms with Crippen molar-refractivity contribution in [2.75, 3.05) is 11.9 Å². The van der Waals surface area contributed by atoms with E-state index in [1.165, 1.54) is 0 Å². The molecule has 1 aromatic rings. The maximum atomic E-state index is 9.16. The van der Waals surface area contributed by atoms with Crippen molar-refractivity contribution in [3.63, 3.8) is 0 Å². The zero-order chi connectivity index (χ0) is 10.2. The predicted molar refractivity (Wildman–Crippen MR) is 59.3 cm³/mol. The molecule has 1 aliphatic rings. The van der Waals surface area contributed by atoms with Crippen LogP contribution in [0.1, 0.15) is 18.4 Å². The lowest BCUT2D eigenvalue weighted by atomic mass is 10.2. The van der Waals surface area contributed by atoms with Crippen LogP contribution in [0.5, 0.6) is 0 Å². The largest absolute Gasteiger partial charge is 0.394 e. The Labute approximate surface area is 91.7 Å². The van der Waals surface area contributed by atoms with Crippen molar-refractivity contribution >= 4 is 21.7 Å². The van der Waals surface area contributed by atoms with E-state index in [9.17, 15) is 0 Å². The molecule has 1 aromatic heterocycles. The molecule has 0 aromatic carbocycles. The monoisotopic (exact) mass is 256 g/mol. The number of nitrogens with one attached hydrogen (secondary N) is 1. The highest BCUT2D eigenvalue weighted by atomic mass is 79.9. The number of aliphatic hydroxyl groups is 1. The molecule has 76 valence electrons. The quantitative estimate of drug-likeness (QED) is 0.871. The second kappa shape index (κ2) is 3.51. The van der Waals surface area contributed by atoms with Gasteiger partial charge in [0.05, 0.1) is 16.6 Å². The van der Waals surface area contributed by atoms with Crippen LogP contribution in [0.15, 0.2) is 16.7 Å². The summed E-state index contributed by atoms with van der Waals surface area (Å²) in [5.74, 6) is 0.821. The molecule has 0 aliphatic heterocycles. The second-order valence-corrected chi connectivity index (χ2v) is 4.76. The summed E-state index contributed by atoms with van der Waals surface area (Å²) in [4.78, 5) is 4.28. The van der Waals surface area contributed by atoms with Crippen molar-refractivity contribution in [2.45, 2.75) is 25.3 Å². The van der Waals surface area contributed by atoms with Crippen molar-refractivity contribution in [2.24, 2.45) is 0 Å². The summed E-state index contributed by atoms with van der Waals surface area (Å²) in [6, 6.07) is 2.02. The van der Waals surface area contributed by atoms with E-state index < -0.39 is 0 Å². The third-order valence-corrected chi connectivity index (χ3v) is 3.12. The summed E-state index contributed by atoms with van der Waals surface area (Å²) in [7, 11) is 0. The number of rotatable bonds is 3. The van der Waals surface area contributed by atoms with Crippen LogP contribution in [0.4, 0.5) is 5.82 Å². The fourth-order valence-corrected chi connectivity index (χ4v) is 1.91. The number of aryl methyl sites for hydroxylation is 1. The molecule has 2 N–H and O–H groups in total. The minimum absolute atomic E-state index is 0.106. The molecule has 4 heteroatoms. The standard InChI is InChI=1S/C10H13BrN2O/c1-7-4-8(11)9(12-5-7)13-10(6-14)2-3-10/h4-5,14H,2-3,6H2,1H3,(H,12,13). The van der Waals surface area contributed by atoms with Gasteiger partial charge in [-0.1, -0.05) is 0 Å². The van der Waals surface area contributed by atoms with Crippen LogP contribution in [0.2, 0.25) is 0 Å². The van der Waals surface area contributed by atoms with Crippen LogP contribution in [0.3, 0.4) is 0 Å². The fourth-order valence-electron chi connectivity index (χ4n) is 1.35. The lowest BCUT2D eigenvalue weighted by Crippen LogP contribution is -2.26. The van der Waals surface area contributed by atoms with Crippen LogP contribution in [-0.4, -0.2) is 22.2 Å². The molecule has 0 bridgehead atoms. The van der Waals surface area contributed by atoms with E-state index in [1.54, 1.807) is 0 Å². The molecule has 0 spiro atoms. The number of pyridine rings is 1. The smallest absolute Gasteiger partial charge is 0.140 e. The lowest BCUT2D eigenvalue weighted by molar-refractivity contribution is 0.266. The molecule has 0 unspecified atom stereocenters. The molecule has 0 amide bonds. The van der Waals surface area contributed by atoms with Gasteiger partial charge in [0, 0.05) is 6.20 Å². The Kier molecular flexibility index (Phi) is 2.49. The second-order valence-electron chi connectivity index (χ2n) is 3.91. The Balaban J connectivity index is 2.17. The Morgan fingerprint density at radius 1 is 1.64 bits per heavy atom. The molecular formula is C10H13BrN2O. The molecule has 1 heterocycles. The highest BCUT2D eigenvalue weighted by Gasteiger charge is 2.42. The maximum Gasteiger partial charge on any atom is 0.140 e. The van der Waals surface area contributed by atoms with Gasteiger partial charge in [-0.3, -0.25) is 0 Å². The van der Waals surface area contributed by atoms with Crippen molar-refractivity contribution < 1.29 is 5.11 Å². The molecule has 3 nitrogen and oxygen atoms in total. The van der Waals surface area contributed by atoms with E-state index in [0.717, 1.165) is 28.7 Å². The average Bonchev–Trinajstić information content (AvgIpc) is 2.91. The third kappa shape index (κ3) is 1.91. The fraction of sp³-hybridized carbons (Fsp3) is 0.500. The molecule has 2 rings (SSSR count). The summed E-state index contributed by atoms with van der Waals surface area (Å²) in [6.07, 6.45) is 3.86. The Hall–Kier alpha value is -0.610. The molecule has 1 fully saturated rings. The summed E-state index contributed by atoms with van der Waals surface area (Å²) in [5.41, 5.74) is 1.02. The first-order valence-electron chi connectivity index (χ1n) is 4.66. The molecule has 1 aliphatic carbocycles. The minimum atomic E-state index is -0.106. The first-order valence-corrected chi connectivity index (χ1v) is 5.46. The number of halogens is 1. The normalized spacial score (nSPS) is 17.9. The van der Waals surface area contributed by atoms with E-state index >= 15 is 0 Å². The van der Waals surface area contributed by atoms with E-state index in [2.05, 4.69) is 26.2 Å². The van der Waals surface area contributed by atoms with Gasteiger partial charge in [0.2, 0.25) is 0 Å². The van der Waals surface area contributed by atoms with E-state index in [-0.39, 0.29) is 12.1 Å². The van der Waals surface area contributed by atoms with Crippen molar-refractivity contribution in [1.82, 2.24) is 4.98 Å². The van der Waals surface area contributed by atoms with Gasteiger partial charge in [0.25, 0.3) is 0 Å². The molecule has 0 saturated heterocycles. The Bertz CT molecular complexity index is 350. The number of nitrogens with zero attached hydrogens (tertiary/aromatic N) is 1. The van der Waals surface area contributed by atoms with Gasteiger partial charge >= 0.3 is 0 Å². The highest BCUT2D eigenvalue weighted by molar-refractivity contribution is 9.10. The number of hydrogen-bond donors (Lipinski definition) is 2. The summed E-state index contributed by atoms with van der Waals surface area (Å²) in [6.45, 7) is 2.18. The van der Waals surface area contributed by atoms with Crippen LogP contribution in [0.25, 0.3) is 0 Å². The first kappa shape index (κ1) is 9.93. The van der Waals surface area contributed by atoms with E-state index in [1.807, 2.05) is 19.2 Å². The van der Waals surface area contributed by atoms with Gasteiger partial charge in [-0.25, -0.2) is 4.98 Å². The Morgan fingerprint density at radius 2 is 2.36 bits per heavy atom. The highest BCUT2D eigenvalue weighted by Crippen LogP contribution is 2.39. The van der Waals surface area contributed by atoms with Crippen molar-refractivity contribution in [1.29, 1.82) is 0 Å². The van der Waals surface area contributed by atoms with Crippen molar-refractivity contribution in [3.8, 4) is 0 Å². The number of hydrogen-bond acceptors (Lipinski definition) is 3. The molecule has 1 saturated carbocycles. The molecule has 0 radical (unpaired) electrons. The summed E-state index contributed by atoms with van der Waals surface area (Å²) < 4.78 is 0.956. The van der Waals surface area contributed by atoms with Crippen LogP contribution in [0, 0.1) is 6.92 Å². The van der Waals surface area contributed by atoms with Gasteiger partial charge < -0.3 is 10.4 Å². The van der Waals surface area contributed by atoms with Gasteiger partial charge in [0.15, 0.2) is 0 Å². The maximum absolute atomic E-state index is 9.16. The summed E-state index contributed by atoms with van der Waals surface area (Å²) >= 11 is 3.45. The SMILES string of the molecule is Cc1cnc(NC2(CO)CC2)c(Br)c1. The molecule has 0 atom stereocenters. The first-order chi connectivity index (χ1) is 6.65. The van der Waals surface area contributed by atoms with Crippen LogP contribution in [-0.2, 0) is 0 Å². The summed E-state index contributed by atoms with van der Waals surface area (Å²) in [5, 5.41) is 12.4. The molecule has 14 heavy (non-hydrogen) atoms. The predicted octanol–water partition coefficient (Wildman–Crippen LogP) is 2.09. The van der Waals surface area contributed by atoms with Gasteiger partial charge in [0.1, 0.15) is 5.82 Å². The van der Waals surface area contributed by atoms with Gasteiger partial charge in [-0.05, 0) is 47.3 Å². The number of aliphatic hydroxyl groups excluding tert-OH is 1. The zero-order valence-electron chi connectivity index (χ0n) is 8.05. The Morgan fingerprint density at radius 3 is 2.86 bits per heavy atom. The number of aromatic nitrogens is 1. The number of anilines is 1. The van der Waals surface area contributed by atoms with Crippen LogP contribution >= 0.6 is 15.9 Å². The topological polar surface area (TPSA) is 45.2 Å². The van der Waals surface area contributed by atoms with Gasteiger partial charge in [-0.2, -0.15) is 0 Å². The minimum Gasteiger partial charge on any atom is -0.394 e. The zero-order valence-corrected chi connectivity index (χ0v) is 9.63.